The number of thiazole rings is 1. The minimum Gasteiger partial charge on any atom is -0.444 e. The zero-order valence-electron chi connectivity index (χ0n) is 49.7. The van der Waals surface area contributed by atoms with Crippen LogP contribution in [0.25, 0.3) is 32.6 Å². The van der Waals surface area contributed by atoms with Crippen LogP contribution in [0.2, 0.25) is 0 Å². The fourth-order valence-corrected chi connectivity index (χ4v) is 12.4. The molecule has 20 heteroatoms. The lowest BCUT2D eigenvalue weighted by Gasteiger charge is -2.36. The Labute approximate surface area is 487 Å². The summed E-state index contributed by atoms with van der Waals surface area (Å²) in [4.78, 5) is 57.6. The SMILES string of the molecule is Cc1ncsc1-c1ccc(CNOC[C@@H]2C[C@@H](C)CN2C(=O)[C@@H](NCCN(CCCCCN2CCN(Cc3ccc(-c4cn(CC5CCC(O)CC5)c5nc(NCCC(F)(F)F)ncc45)cc3)CC2)C(=O)OC(C)(C)C)C(C)(C)C)cc1. The molecule has 16 nitrogen and oxygen atoms in total. The molecule has 3 atom stereocenters. The molecular formula is C62H90F3N11O5S. The molecule has 3 aromatic heterocycles. The molecule has 0 spiro atoms. The average Bonchev–Trinajstić information content (AvgIpc) is 3.68. The molecule has 82 heavy (non-hydrogen) atoms. The summed E-state index contributed by atoms with van der Waals surface area (Å²) in [6.07, 6.45) is 5.02. The largest absolute Gasteiger partial charge is 0.444 e. The number of nitrogens with one attached hydrogen (secondary N) is 3. The molecule has 3 fully saturated rings. The van der Waals surface area contributed by atoms with Crippen molar-refractivity contribution in [3.63, 3.8) is 0 Å². The number of nitrogens with zero attached hydrogens (tertiary/aromatic N) is 8. The zero-order chi connectivity index (χ0) is 58.6. The lowest BCUT2D eigenvalue weighted by atomic mass is 9.85. The minimum atomic E-state index is -4.27. The van der Waals surface area contributed by atoms with Crippen LogP contribution in [0.5, 0.6) is 0 Å². The van der Waals surface area contributed by atoms with Gasteiger partial charge in [0, 0.05) is 102 Å². The summed E-state index contributed by atoms with van der Waals surface area (Å²) >= 11 is 1.64. The van der Waals surface area contributed by atoms with E-state index < -0.39 is 24.2 Å². The monoisotopic (exact) mass is 1160 g/mol. The van der Waals surface area contributed by atoms with Gasteiger partial charge in [0.2, 0.25) is 11.9 Å². The number of likely N-dealkylation sites (tertiary alicyclic amines) is 1. The number of amides is 2. The summed E-state index contributed by atoms with van der Waals surface area (Å²) in [7, 11) is 0. The molecular weight excluding hydrogens is 1070 g/mol. The van der Waals surface area contributed by atoms with Crippen molar-refractivity contribution in [2.24, 2.45) is 17.3 Å². The first-order valence-electron chi connectivity index (χ1n) is 29.8. The Morgan fingerprint density at radius 2 is 1.56 bits per heavy atom. The Morgan fingerprint density at radius 3 is 2.23 bits per heavy atom. The van der Waals surface area contributed by atoms with Crippen LogP contribution in [-0.4, -0.2) is 158 Å². The molecule has 450 valence electrons. The lowest BCUT2D eigenvalue weighted by Crippen LogP contribution is -2.56. The van der Waals surface area contributed by atoms with Crippen LogP contribution >= 0.6 is 11.3 Å². The van der Waals surface area contributed by atoms with Crippen LogP contribution in [0.3, 0.4) is 0 Å². The van der Waals surface area contributed by atoms with Gasteiger partial charge in [0.25, 0.3) is 0 Å². The van der Waals surface area contributed by atoms with Crippen LogP contribution in [0.1, 0.15) is 123 Å². The number of aliphatic hydroxyl groups excluding tert-OH is 1. The number of hydrogen-bond donors (Lipinski definition) is 4. The van der Waals surface area contributed by atoms with Crippen molar-refractivity contribution in [2.45, 2.75) is 163 Å². The van der Waals surface area contributed by atoms with E-state index in [4.69, 9.17) is 14.6 Å². The fraction of sp³-hybridized carbons (Fsp3) is 0.629. The summed E-state index contributed by atoms with van der Waals surface area (Å²) in [6, 6.07) is 16.5. The standard InChI is InChI=1S/C62H90F3N11O5S/c1-43-34-50(41-80-70-35-45-12-20-49(21-13-45)54-44(2)69-42-82-54)76(37-43)57(78)55(60(3,4)5)66-26-29-74(59(79)81-61(6,7)8)28-11-9-10-27-72-30-32-73(33-31-72)38-46-14-18-48(19-15-46)53-40-75(39-47-16-22-51(77)23-17-47)56-52(53)36-68-58(71-56)67-25-24-62(63,64)65/h12-15,18-21,36,40,42-43,47,50-51,55,66,70,77H,9-11,16-17,22-35,37-39,41H2,1-8H3,(H,67,68,71)/t43-,47?,50+,51?,55-/m1/s1. The quantitative estimate of drug-likeness (QED) is 0.0323. The predicted molar refractivity (Wildman–Crippen MR) is 319 cm³/mol. The molecule has 0 radical (unpaired) electrons. The Morgan fingerprint density at radius 1 is 0.866 bits per heavy atom. The maximum atomic E-state index is 14.5. The van der Waals surface area contributed by atoms with Gasteiger partial charge in [0.05, 0.1) is 47.3 Å². The number of alkyl halides is 3. The Hall–Kier alpha value is -5.22. The third-order valence-corrected chi connectivity index (χ3v) is 17.1. The van der Waals surface area contributed by atoms with E-state index in [2.05, 4.69) is 123 Å². The number of hydroxylamine groups is 1. The number of carbonyl (C=O) groups is 2. The van der Waals surface area contributed by atoms with Crippen molar-refractivity contribution >= 4 is 40.3 Å². The number of unbranched alkanes of at least 4 members (excludes halogenated alkanes) is 2. The third-order valence-electron chi connectivity index (χ3n) is 16.1. The summed E-state index contributed by atoms with van der Waals surface area (Å²) in [5, 5.41) is 17.3. The third kappa shape index (κ3) is 18.4. The molecule has 0 unspecified atom stereocenters. The van der Waals surface area contributed by atoms with Crippen LogP contribution in [0.4, 0.5) is 23.9 Å². The molecule has 5 heterocycles. The van der Waals surface area contributed by atoms with Crippen molar-refractivity contribution in [3.05, 3.63) is 83.3 Å². The van der Waals surface area contributed by atoms with Gasteiger partial charge < -0.3 is 39.7 Å². The van der Waals surface area contributed by atoms with Crippen LogP contribution in [0, 0.1) is 24.2 Å². The number of ether oxygens (including phenoxy) is 1. The minimum absolute atomic E-state index is 0.0557. The van der Waals surface area contributed by atoms with E-state index in [1.54, 1.807) is 22.4 Å². The number of rotatable bonds is 25. The summed E-state index contributed by atoms with van der Waals surface area (Å²) < 4.78 is 46.7. The van der Waals surface area contributed by atoms with E-state index in [0.717, 1.165) is 124 Å². The van der Waals surface area contributed by atoms with Gasteiger partial charge in [-0.1, -0.05) is 82.6 Å². The molecule has 2 saturated heterocycles. The highest BCUT2D eigenvalue weighted by Crippen LogP contribution is 2.35. The zero-order valence-corrected chi connectivity index (χ0v) is 50.5. The number of aliphatic hydroxyl groups is 1. The van der Waals surface area contributed by atoms with Crippen molar-refractivity contribution < 1.29 is 37.4 Å². The molecule has 1 saturated carbocycles. The van der Waals surface area contributed by atoms with Gasteiger partial charge in [0.15, 0.2) is 0 Å². The van der Waals surface area contributed by atoms with Crippen LogP contribution in [0.15, 0.2) is 66.4 Å². The van der Waals surface area contributed by atoms with E-state index >= 15 is 0 Å². The Bertz CT molecular complexity index is 2800. The smallest absolute Gasteiger partial charge is 0.410 e. The topological polar surface area (TPSA) is 165 Å². The summed E-state index contributed by atoms with van der Waals surface area (Å²) in [5.74, 6) is 0.953. The first-order chi connectivity index (χ1) is 39.0. The first-order valence-corrected chi connectivity index (χ1v) is 30.7. The van der Waals surface area contributed by atoms with E-state index in [9.17, 15) is 27.9 Å². The lowest BCUT2D eigenvalue weighted by molar-refractivity contribution is -0.139. The van der Waals surface area contributed by atoms with Gasteiger partial charge >= 0.3 is 12.3 Å². The van der Waals surface area contributed by atoms with E-state index in [0.29, 0.717) is 63.4 Å². The maximum Gasteiger partial charge on any atom is 0.410 e. The van der Waals surface area contributed by atoms with Gasteiger partial charge in [0.1, 0.15) is 11.2 Å². The molecule has 3 aliphatic rings. The normalized spacial score (nSPS) is 19.9. The Balaban J connectivity index is 0.769. The molecule has 8 rings (SSSR count). The number of halogens is 3. The van der Waals surface area contributed by atoms with E-state index in [-0.39, 0.29) is 42.1 Å². The number of piperazine rings is 1. The van der Waals surface area contributed by atoms with Crippen molar-refractivity contribution in [1.29, 1.82) is 0 Å². The molecule has 5 aromatic rings. The maximum absolute atomic E-state index is 14.5. The molecule has 2 aromatic carbocycles. The highest BCUT2D eigenvalue weighted by Gasteiger charge is 2.41. The molecule has 0 bridgehead atoms. The first kappa shape index (κ1) is 62.8. The number of fused-ring (bicyclic) bond motifs is 1. The molecule has 1 aliphatic carbocycles. The van der Waals surface area contributed by atoms with Crippen molar-refractivity contribution in [2.75, 3.05) is 77.4 Å². The highest BCUT2D eigenvalue weighted by molar-refractivity contribution is 7.13. The van der Waals surface area contributed by atoms with Gasteiger partial charge in [-0.05, 0) is 119 Å². The highest BCUT2D eigenvalue weighted by atomic mass is 32.1. The summed E-state index contributed by atoms with van der Waals surface area (Å²) in [6.45, 7) is 25.3. The Kier molecular flexibility index (Phi) is 21.9. The molecule has 2 amide bonds. The second-order valence-electron chi connectivity index (χ2n) is 25.3. The predicted octanol–water partition coefficient (Wildman–Crippen LogP) is 10.9. The van der Waals surface area contributed by atoms with Crippen LogP contribution < -0.4 is 16.1 Å². The summed E-state index contributed by atoms with van der Waals surface area (Å²) in [5.41, 5.74) is 11.2. The fourth-order valence-electron chi connectivity index (χ4n) is 11.6. The van der Waals surface area contributed by atoms with E-state index in [1.807, 2.05) is 38.1 Å². The number of aryl methyl sites for hydroxylation is 1. The van der Waals surface area contributed by atoms with Crippen molar-refractivity contribution in [1.82, 2.24) is 49.9 Å². The number of carbonyl (C=O) groups excluding carboxylic acids is 2. The van der Waals surface area contributed by atoms with Gasteiger partial charge in [-0.25, -0.2) is 14.8 Å². The van der Waals surface area contributed by atoms with Gasteiger partial charge in [-0.15, -0.1) is 11.3 Å². The van der Waals surface area contributed by atoms with Gasteiger partial charge in [-0.2, -0.15) is 23.6 Å². The van der Waals surface area contributed by atoms with Crippen LogP contribution in [-0.2, 0) is 34.0 Å². The number of anilines is 1. The second kappa shape index (κ2) is 28.6. The number of hydrogen-bond acceptors (Lipinski definition) is 14. The number of aromatic nitrogens is 4. The molecule has 2 aliphatic heterocycles. The second-order valence-corrected chi connectivity index (χ2v) is 26.1. The van der Waals surface area contributed by atoms with Crippen molar-refractivity contribution in [3.8, 4) is 21.6 Å². The van der Waals surface area contributed by atoms with E-state index in [1.165, 1.54) is 10.4 Å². The molecule has 4 N–H and O–H groups in total. The van der Waals surface area contributed by atoms with Gasteiger partial charge in [-0.3, -0.25) is 14.5 Å². The number of benzene rings is 2. The average molecular weight is 1160 g/mol.